The number of H-pyrrole nitrogens is 1. The molecule has 2 aromatic heterocycles. The van der Waals surface area contributed by atoms with Gasteiger partial charge in [-0.1, -0.05) is 6.92 Å². The molecule has 27 heavy (non-hydrogen) atoms. The highest BCUT2D eigenvalue weighted by Gasteiger charge is 2.27. The molecule has 2 heterocycles. The maximum atomic E-state index is 12.8. The van der Waals surface area contributed by atoms with Gasteiger partial charge < -0.3 is 16.0 Å². The molecule has 6 nitrogen and oxygen atoms in total. The number of thiophene rings is 1. The SMILES string of the molecule is CC1CCc2sc(C(=O)NC3CCCc4[nH]c(=O)c(C(N)=O)cc43)cc2C1. The number of hydrogen-bond acceptors (Lipinski definition) is 4. The van der Waals surface area contributed by atoms with E-state index in [9.17, 15) is 14.4 Å². The van der Waals surface area contributed by atoms with Crippen LogP contribution >= 0.6 is 11.3 Å². The lowest BCUT2D eigenvalue weighted by Crippen LogP contribution is -2.33. The quantitative estimate of drug-likeness (QED) is 0.756. The zero-order valence-electron chi connectivity index (χ0n) is 15.3. The molecule has 2 amide bonds. The van der Waals surface area contributed by atoms with Gasteiger partial charge in [-0.3, -0.25) is 14.4 Å². The van der Waals surface area contributed by atoms with Gasteiger partial charge in [0.25, 0.3) is 17.4 Å². The topological polar surface area (TPSA) is 105 Å². The Hall–Kier alpha value is -2.41. The number of hydrogen-bond donors (Lipinski definition) is 3. The molecule has 2 atom stereocenters. The molecule has 2 aromatic rings. The van der Waals surface area contributed by atoms with Crippen molar-refractivity contribution in [3.8, 4) is 0 Å². The molecule has 0 radical (unpaired) electrons. The van der Waals surface area contributed by atoms with Crippen LogP contribution < -0.4 is 16.6 Å². The number of amides is 2. The van der Waals surface area contributed by atoms with Crippen molar-refractivity contribution in [1.82, 2.24) is 10.3 Å². The van der Waals surface area contributed by atoms with E-state index in [1.165, 1.54) is 16.9 Å². The number of aromatic nitrogens is 1. The maximum absolute atomic E-state index is 12.8. The van der Waals surface area contributed by atoms with Gasteiger partial charge in [0, 0.05) is 10.6 Å². The number of nitrogens with one attached hydrogen (secondary N) is 2. The van der Waals surface area contributed by atoms with Gasteiger partial charge in [-0.2, -0.15) is 0 Å². The summed E-state index contributed by atoms with van der Waals surface area (Å²) in [6.45, 7) is 2.25. The van der Waals surface area contributed by atoms with E-state index in [2.05, 4.69) is 17.2 Å². The Bertz CT molecular complexity index is 975. The number of carbonyl (C=O) groups is 2. The van der Waals surface area contributed by atoms with Gasteiger partial charge in [0.05, 0.1) is 10.9 Å². The Kier molecular flexibility index (Phi) is 4.63. The molecular weight excluding hydrogens is 362 g/mol. The molecular formula is C20H23N3O3S. The summed E-state index contributed by atoms with van der Waals surface area (Å²) in [6.07, 6.45) is 5.61. The first kappa shape index (κ1) is 18.0. The van der Waals surface area contributed by atoms with Gasteiger partial charge in [-0.25, -0.2) is 0 Å². The molecule has 0 saturated carbocycles. The highest BCUT2D eigenvalue weighted by atomic mass is 32.1. The fourth-order valence-corrected chi connectivity index (χ4v) is 5.23. The number of primary amides is 1. The van der Waals surface area contributed by atoms with Crippen LogP contribution in [0, 0.1) is 5.92 Å². The van der Waals surface area contributed by atoms with E-state index >= 15 is 0 Å². The molecule has 2 unspecified atom stereocenters. The average Bonchev–Trinajstić information content (AvgIpc) is 3.04. The molecule has 142 valence electrons. The number of rotatable bonds is 3. The zero-order chi connectivity index (χ0) is 19.1. The van der Waals surface area contributed by atoms with Crippen molar-refractivity contribution in [2.75, 3.05) is 0 Å². The van der Waals surface area contributed by atoms with Crippen LogP contribution in [0.3, 0.4) is 0 Å². The van der Waals surface area contributed by atoms with E-state index < -0.39 is 11.5 Å². The second-order valence-electron chi connectivity index (χ2n) is 7.64. The van der Waals surface area contributed by atoms with Gasteiger partial charge in [-0.05, 0) is 67.7 Å². The monoisotopic (exact) mass is 385 g/mol. The summed E-state index contributed by atoms with van der Waals surface area (Å²) in [7, 11) is 0. The Morgan fingerprint density at radius 3 is 2.85 bits per heavy atom. The number of aromatic amines is 1. The fraction of sp³-hybridized carbons (Fsp3) is 0.450. The molecule has 0 aliphatic heterocycles. The van der Waals surface area contributed by atoms with Crippen LogP contribution in [0.2, 0.25) is 0 Å². The molecule has 7 heteroatoms. The molecule has 0 fully saturated rings. The third-order valence-corrected chi connectivity index (χ3v) is 6.81. The maximum Gasteiger partial charge on any atom is 0.261 e. The predicted molar refractivity (Wildman–Crippen MR) is 104 cm³/mol. The van der Waals surface area contributed by atoms with Gasteiger partial charge >= 0.3 is 0 Å². The van der Waals surface area contributed by atoms with Gasteiger partial charge in [0.1, 0.15) is 5.56 Å². The number of pyridine rings is 1. The van der Waals surface area contributed by atoms with E-state index in [0.29, 0.717) is 5.92 Å². The first-order valence-corrected chi connectivity index (χ1v) is 10.2. The molecule has 2 aliphatic carbocycles. The van der Waals surface area contributed by atoms with Gasteiger partial charge in [0.15, 0.2) is 0 Å². The molecule has 0 bridgehead atoms. The second-order valence-corrected chi connectivity index (χ2v) is 8.77. The normalized spacial score (nSPS) is 21.2. The predicted octanol–water partition coefficient (Wildman–Crippen LogP) is 2.47. The Balaban J connectivity index is 1.59. The third kappa shape index (κ3) is 3.43. The molecule has 0 spiro atoms. The minimum Gasteiger partial charge on any atom is -0.365 e. The van der Waals surface area contributed by atoms with Crippen molar-refractivity contribution < 1.29 is 9.59 Å². The number of fused-ring (bicyclic) bond motifs is 2. The van der Waals surface area contributed by atoms with Crippen LogP contribution in [0.25, 0.3) is 0 Å². The van der Waals surface area contributed by atoms with Crippen molar-refractivity contribution in [3.63, 3.8) is 0 Å². The first-order valence-electron chi connectivity index (χ1n) is 9.40. The Morgan fingerprint density at radius 2 is 2.07 bits per heavy atom. The van der Waals surface area contributed by atoms with Crippen LogP contribution in [-0.2, 0) is 19.3 Å². The smallest absolute Gasteiger partial charge is 0.261 e. The lowest BCUT2D eigenvalue weighted by Gasteiger charge is -2.26. The fourth-order valence-electron chi connectivity index (χ4n) is 4.12. The van der Waals surface area contributed by atoms with Crippen molar-refractivity contribution in [2.45, 2.75) is 51.5 Å². The summed E-state index contributed by atoms with van der Waals surface area (Å²) in [4.78, 5) is 41.2. The summed E-state index contributed by atoms with van der Waals surface area (Å²) in [5.74, 6) is -0.182. The minimum absolute atomic E-state index is 0.0597. The standard InChI is InChI=1S/C20H23N3O3S/c1-10-5-6-16-11(7-10)8-17(27-16)20(26)23-15-4-2-3-14-12(15)9-13(18(21)24)19(25)22-14/h8-10,15H,2-7H2,1H3,(H2,21,24)(H,22,25)(H,23,26). The van der Waals surface area contributed by atoms with Crippen LogP contribution in [0.1, 0.15) is 74.0 Å². The summed E-state index contributed by atoms with van der Waals surface area (Å²) in [5.41, 5.74) is 7.65. The molecule has 0 aromatic carbocycles. The van der Waals surface area contributed by atoms with Gasteiger partial charge in [0.2, 0.25) is 0 Å². The number of nitrogens with two attached hydrogens (primary N) is 1. The summed E-state index contributed by atoms with van der Waals surface area (Å²) >= 11 is 1.58. The van der Waals surface area contributed by atoms with Gasteiger partial charge in [-0.15, -0.1) is 11.3 Å². The molecule has 0 saturated heterocycles. The van der Waals surface area contributed by atoms with Crippen molar-refractivity contribution >= 4 is 23.2 Å². The van der Waals surface area contributed by atoms with Crippen molar-refractivity contribution in [2.24, 2.45) is 11.7 Å². The van der Waals surface area contributed by atoms with E-state index in [-0.39, 0.29) is 17.5 Å². The lowest BCUT2D eigenvalue weighted by molar-refractivity contribution is 0.0936. The highest BCUT2D eigenvalue weighted by molar-refractivity contribution is 7.14. The average molecular weight is 385 g/mol. The van der Waals surface area contributed by atoms with E-state index in [4.69, 9.17) is 5.73 Å². The Labute approximate surface area is 161 Å². The highest BCUT2D eigenvalue weighted by Crippen LogP contribution is 2.33. The van der Waals surface area contributed by atoms with Crippen LogP contribution in [0.4, 0.5) is 0 Å². The summed E-state index contributed by atoms with van der Waals surface area (Å²) < 4.78 is 0. The minimum atomic E-state index is -0.755. The molecule has 2 aliphatic rings. The summed E-state index contributed by atoms with van der Waals surface area (Å²) in [6, 6.07) is 3.34. The van der Waals surface area contributed by atoms with Crippen LogP contribution in [-0.4, -0.2) is 16.8 Å². The van der Waals surface area contributed by atoms with Crippen molar-refractivity contribution in [3.05, 3.63) is 54.6 Å². The molecule has 4 N–H and O–H groups in total. The van der Waals surface area contributed by atoms with E-state index in [0.717, 1.165) is 48.2 Å². The third-order valence-electron chi connectivity index (χ3n) is 5.58. The summed E-state index contributed by atoms with van der Waals surface area (Å²) in [5, 5.41) is 3.09. The second kappa shape index (κ2) is 6.96. The van der Waals surface area contributed by atoms with E-state index in [1.807, 2.05) is 6.07 Å². The largest absolute Gasteiger partial charge is 0.365 e. The van der Waals surface area contributed by atoms with Crippen LogP contribution in [0.5, 0.6) is 0 Å². The number of carbonyl (C=O) groups excluding carboxylic acids is 2. The number of aryl methyl sites for hydroxylation is 2. The van der Waals surface area contributed by atoms with Crippen LogP contribution in [0.15, 0.2) is 16.9 Å². The lowest BCUT2D eigenvalue weighted by atomic mass is 9.89. The Morgan fingerprint density at radius 1 is 1.26 bits per heavy atom. The van der Waals surface area contributed by atoms with Crippen molar-refractivity contribution in [1.29, 1.82) is 0 Å². The van der Waals surface area contributed by atoms with E-state index in [1.54, 1.807) is 17.4 Å². The first-order chi connectivity index (χ1) is 12.9. The zero-order valence-corrected chi connectivity index (χ0v) is 16.1. The molecule has 4 rings (SSSR count).